The number of hydrogen-bond donors (Lipinski definition) is 0. The molecule has 2 aromatic rings. The zero-order valence-electron chi connectivity index (χ0n) is 15.5. The van der Waals surface area contributed by atoms with Crippen LogP contribution in [0.15, 0.2) is 42.1 Å². The Morgan fingerprint density at radius 2 is 1.86 bits per heavy atom. The molecule has 0 aliphatic carbocycles. The van der Waals surface area contributed by atoms with Crippen molar-refractivity contribution in [2.24, 2.45) is 0 Å². The van der Waals surface area contributed by atoms with E-state index >= 15 is 0 Å². The Morgan fingerprint density at radius 1 is 1.18 bits per heavy atom. The first-order chi connectivity index (χ1) is 13.4. The molecule has 1 heterocycles. The summed E-state index contributed by atoms with van der Waals surface area (Å²) in [5, 5.41) is 1.17. The number of hydrogen-bond acceptors (Lipinski definition) is 4. The third kappa shape index (κ3) is 3.81. The van der Waals surface area contributed by atoms with Gasteiger partial charge in [0.05, 0.1) is 24.4 Å². The molecule has 0 aromatic heterocycles. The van der Waals surface area contributed by atoms with Crippen molar-refractivity contribution in [2.75, 3.05) is 25.7 Å². The molecule has 0 saturated carbocycles. The van der Waals surface area contributed by atoms with Gasteiger partial charge in [0.1, 0.15) is 17.2 Å². The number of carbonyl (C=O) groups is 1. The second-order valence-electron chi connectivity index (χ2n) is 5.95. The Balaban J connectivity index is 2.00. The SMILES string of the molecule is CCOc1ccc(N2C(=O)/C(=C/c3cc(Cl)cc(Cl)c3OC)N(C)C2=S)cc1. The van der Waals surface area contributed by atoms with Crippen molar-refractivity contribution >= 4 is 58.2 Å². The van der Waals surface area contributed by atoms with Gasteiger partial charge in [-0.15, -0.1) is 0 Å². The molecular formula is C20H18Cl2N2O3S. The lowest BCUT2D eigenvalue weighted by atomic mass is 10.1. The molecule has 3 rings (SSSR count). The first kappa shape index (κ1) is 20.5. The third-order valence-electron chi connectivity index (χ3n) is 4.20. The summed E-state index contributed by atoms with van der Waals surface area (Å²) in [5.41, 5.74) is 1.63. The van der Waals surface area contributed by atoms with Crippen LogP contribution < -0.4 is 14.4 Å². The van der Waals surface area contributed by atoms with E-state index in [1.54, 1.807) is 54.4 Å². The predicted octanol–water partition coefficient (Wildman–Crippen LogP) is 5.01. The number of carbonyl (C=O) groups excluding carboxylic acids is 1. The quantitative estimate of drug-likeness (QED) is 0.486. The van der Waals surface area contributed by atoms with Gasteiger partial charge in [0.25, 0.3) is 5.91 Å². The summed E-state index contributed by atoms with van der Waals surface area (Å²) in [5.74, 6) is 0.909. The Hall–Kier alpha value is -2.28. The van der Waals surface area contributed by atoms with Gasteiger partial charge in [-0.25, -0.2) is 0 Å². The van der Waals surface area contributed by atoms with Gasteiger partial charge in [0, 0.05) is 17.6 Å². The minimum Gasteiger partial charge on any atom is -0.495 e. The van der Waals surface area contributed by atoms with E-state index in [1.165, 1.54) is 12.0 Å². The number of ether oxygens (including phenoxy) is 2. The van der Waals surface area contributed by atoms with Gasteiger partial charge >= 0.3 is 0 Å². The van der Waals surface area contributed by atoms with Crippen molar-refractivity contribution in [3.63, 3.8) is 0 Å². The third-order valence-corrected chi connectivity index (χ3v) is 5.16. The minimum atomic E-state index is -0.255. The average Bonchev–Trinajstić information content (AvgIpc) is 2.86. The number of methoxy groups -OCH3 is 1. The van der Waals surface area contributed by atoms with Crippen LogP contribution in [0.5, 0.6) is 11.5 Å². The Kier molecular flexibility index (Phi) is 6.13. The molecule has 5 nitrogen and oxygen atoms in total. The van der Waals surface area contributed by atoms with Crippen LogP contribution in [0.25, 0.3) is 6.08 Å². The fourth-order valence-corrected chi connectivity index (χ4v) is 3.77. The molecule has 0 bridgehead atoms. The summed E-state index contributed by atoms with van der Waals surface area (Å²) < 4.78 is 10.8. The predicted molar refractivity (Wildman–Crippen MR) is 116 cm³/mol. The number of likely N-dealkylation sites (N-methyl/N-ethyl adjacent to an activating group) is 1. The van der Waals surface area contributed by atoms with Crippen molar-refractivity contribution in [2.45, 2.75) is 6.92 Å². The standard InChI is InChI=1S/C20H18Cl2N2O3S/c1-4-27-15-7-5-14(6-8-15)24-19(25)17(23(2)20(24)28)10-12-9-13(21)11-16(22)18(12)26-3/h5-11H,4H2,1-3H3/b17-10-. The number of amides is 1. The maximum Gasteiger partial charge on any atom is 0.281 e. The number of anilines is 1. The van der Waals surface area contributed by atoms with E-state index in [0.29, 0.717) is 44.5 Å². The van der Waals surface area contributed by atoms with E-state index in [9.17, 15) is 4.79 Å². The molecule has 8 heteroatoms. The van der Waals surface area contributed by atoms with Crippen LogP contribution in [-0.4, -0.2) is 36.7 Å². The van der Waals surface area contributed by atoms with Gasteiger partial charge < -0.3 is 14.4 Å². The molecule has 1 aliphatic rings. The lowest BCUT2D eigenvalue weighted by Crippen LogP contribution is -2.31. The van der Waals surface area contributed by atoms with E-state index in [1.807, 2.05) is 6.92 Å². The second kappa shape index (κ2) is 8.39. The Morgan fingerprint density at radius 3 is 2.46 bits per heavy atom. The molecule has 0 unspecified atom stereocenters. The molecule has 0 atom stereocenters. The molecule has 0 radical (unpaired) electrons. The van der Waals surface area contributed by atoms with Crippen LogP contribution in [0.1, 0.15) is 12.5 Å². The van der Waals surface area contributed by atoms with Crippen LogP contribution in [0, 0.1) is 0 Å². The molecule has 0 spiro atoms. The lowest BCUT2D eigenvalue weighted by molar-refractivity contribution is -0.114. The summed E-state index contributed by atoms with van der Waals surface area (Å²) in [7, 11) is 3.24. The molecule has 0 N–H and O–H groups in total. The summed E-state index contributed by atoms with van der Waals surface area (Å²) in [6.07, 6.45) is 1.67. The van der Waals surface area contributed by atoms with Crippen LogP contribution in [0.4, 0.5) is 5.69 Å². The van der Waals surface area contributed by atoms with Crippen LogP contribution >= 0.6 is 35.4 Å². The van der Waals surface area contributed by atoms with E-state index < -0.39 is 0 Å². The van der Waals surface area contributed by atoms with E-state index in [2.05, 4.69) is 0 Å². The zero-order chi connectivity index (χ0) is 20.4. The van der Waals surface area contributed by atoms with E-state index in [-0.39, 0.29) is 5.91 Å². The van der Waals surface area contributed by atoms with Gasteiger partial charge in [0.15, 0.2) is 5.11 Å². The maximum absolute atomic E-state index is 13.1. The van der Waals surface area contributed by atoms with Crippen LogP contribution in [0.2, 0.25) is 10.0 Å². The lowest BCUT2D eigenvalue weighted by Gasteiger charge is -2.16. The molecule has 1 saturated heterocycles. The fourth-order valence-electron chi connectivity index (χ4n) is 2.89. The highest BCUT2D eigenvalue weighted by atomic mass is 35.5. The second-order valence-corrected chi connectivity index (χ2v) is 7.16. The monoisotopic (exact) mass is 436 g/mol. The van der Waals surface area contributed by atoms with Gasteiger partial charge in [-0.05, 0) is 61.6 Å². The van der Waals surface area contributed by atoms with Crippen molar-refractivity contribution in [3.05, 3.63) is 57.7 Å². The Bertz CT molecular complexity index is 961. The van der Waals surface area contributed by atoms with E-state index in [0.717, 1.165) is 5.75 Å². The average molecular weight is 437 g/mol. The number of thiocarbonyl (C=S) groups is 1. The normalized spacial score (nSPS) is 15.5. The van der Waals surface area contributed by atoms with Crippen LogP contribution in [-0.2, 0) is 4.79 Å². The molecule has 1 fully saturated rings. The highest BCUT2D eigenvalue weighted by Gasteiger charge is 2.37. The van der Waals surface area contributed by atoms with Crippen molar-refractivity contribution in [3.8, 4) is 11.5 Å². The fraction of sp³-hybridized carbons (Fsp3) is 0.200. The molecule has 28 heavy (non-hydrogen) atoms. The van der Waals surface area contributed by atoms with Gasteiger partial charge in [0.2, 0.25) is 0 Å². The number of rotatable bonds is 5. The first-order valence-electron chi connectivity index (χ1n) is 8.47. The molecule has 2 aromatic carbocycles. The molecular weight excluding hydrogens is 419 g/mol. The number of halogens is 2. The van der Waals surface area contributed by atoms with Crippen molar-refractivity contribution < 1.29 is 14.3 Å². The molecule has 1 aliphatic heterocycles. The Labute approximate surface area is 179 Å². The summed E-state index contributed by atoms with van der Waals surface area (Å²) in [4.78, 5) is 16.2. The first-order valence-corrected chi connectivity index (χ1v) is 9.63. The number of nitrogens with zero attached hydrogens (tertiary/aromatic N) is 2. The summed E-state index contributed by atoms with van der Waals surface area (Å²) in [6.45, 7) is 2.48. The smallest absolute Gasteiger partial charge is 0.281 e. The van der Waals surface area contributed by atoms with Crippen LogP contribution in [0.3, 0.4) is 0 Å². The minimum absolute atomic E-state index is 0.255. The summed E-state index contributed by atoms with van der Waals surface area (Å²) in [6, 6.07) is 10.5. The number of benzene rings is 2. The van der Waals surface area contributed by atoms with Gasteiger partial charge in [-0.3, -0.25) is 9.69 Å². The van der Waals surface area contributed by atoms with Gasteiger partial charge in [-0.1, -0.05) is 23.2 Å². The highest BCUT2D eigenvalue weighted by Crippen LogP contribution is 2.36. The maximum atomic E-state index is 13.1. The largest absolute Gasteiger partial charge is 0.495 e. The van der Waals surface area contributed by atoms with E-state index in [4.69, 9.17) is 44.9 Å². The van der Waals surface area contributed by atoms with Crippen molar-refractivity contribution in [1.29, 1.82) is 0 Å². The molecule has 146 valence electrons. The zero-order valence-corrected chi connectivity index (χ0v) is 17.9. The summed E-state index contributed by atoms with van der Waals surface area (Å²) >= 11 is 17.8. The highest BCUT2D eigenvalue weighted by molar-refractivity contribution is 7.80. The van der Waals surface area contributed by atoms with Gasteiger partial charge in [-0.2, -0.15) is 0 Å². The molecule has 1 amide bonds. The topological polar surface area (TPSA) is 42.0 Å². The van der Waals surface area contributed by atoms with Crippen molar-refractivity contribution in [1.82, 2.24) is 4.90 Å².